The fourth-order valence-electron chi connectivity index (χ4n) is 1.93. The third kappa shape index (κ3) is 2.42. The van der Waals surface area contributed by atoms with Crippen molar-refractivity contribution in [3.05, 3.63) is 0 Å². The Bertz CT molecular complexity index is 184. The third-order valence-corrected chi connectivity index (χ3v) is 2.80. The number of carbonyl (C=O) groups is 1. The fraction of sp³-hybridized carbons (Fsp3) is 0.889. The molecule has 0 amide bonds. The van der Waals surface area contributed by atoms with Crippen molar-refractivity contribution in [3.8, 4) is 0 Å². The van der Waals surface area contributed by atoms with Crippen LogP contribution in [0.25, 0.3) is 0 Å². The van der Waals surface area contributed by atoms with Crippen molar-refractivity contribution in [2.45, 2.75) is 38.3 Å². The number of likely N-dealkylation sites (tertiary alicyclic amines) is 1. The number of hydrogen-bond donors (Lipinski definition) is 2. The summed E-state index contributed by atoms with van der Waals surface area (Å²) >= 11 is 0. The zero-order chi connectivity index (χ0) is 9.84. The predicted octanol–water partition coefficient (Wildman–Crippen LogP) is 0.273. The van der Waals surface area contributed by atoms with Gasteiger partial charge in [0.05, 0.1) is 0 Å². The van der Waals surface area contributed by atoms with Gasteiger partial charge in [0, 0.05) is 12.6 Å². The van der Waals surface area contributed by atoms with E-state index in [0.29, 0.717) is 6.54 Å². The van der Waals surface area contributed by atoms with Crippen LogP contribution in [0.1, 0.15) is 26.2 Å². The van der Waals surface area contributed by atoms with E-state index in [1.165, 1.54) is 6.42 Å². The van der Waals surface area contributed by atoms with Gasteiger partial charge in [-0.15, -0.1) is 0 Å². The highest BCUT2D eigenvalue weighted by molar-refractivity contribution is 5.72. The summed E-state index contributed by atoms with van der Waals surface area (Å²) < 4.78 is 0. The van der Waals surface area contributed by atoms with Crippen LogP contribution in [-0.4, -0.2) is 41.1 Å². The molecule has 0 saturated carbocycles. The van der Waals surface area contributed by atoms with E-state index in [1.54, 1.807) is 6.92 Å². The summed E-state index contributed by atoms with van der Waals surface area (Å²) in [5.74, 6) is -0.750. The Balaban J connectivity index is 2.58. The fourth-order valence-corrected chi connectivity index (χ4v) is 1.93. The first kappa shape index (κ1) is 10.5. The van der Waals surface area contributed by atoms with Gasteiger partial charge >= 0.3 is 5.97 Å². The van der Waals surface area contributed by atoms with Gasteiger partial charge < -0.3 is 10.8 Å². The van der Waals surface area contributed by atoms with Crippen molar-refractivity contribution < 1.29 is 9.90 Å². The molecular weight excluding hydrogens is 168 g/mol. The normalized spacial score (nSPS) is 27.1. The van der Waals surface area contributed by atoms with Crippen LogP contribution in [-0.2, 0) is 4.79 Å². The molecule has 1 rings (SSSR count). The molecule has 4 nitrogen and oxygen atoms in total. The van der Waals surface area contributed by atoms with Gasteiger partial charge in [-0.2, -0.15) is 0 Å². The van der Waals surface area contributed by atoms with Gasteiger partial charge in [-0.05, 0) is 26.3 Å². The van der Waals surface area contributed by atoms with Crippen molar-refractivity contribution in [3.63, 3.8) is 0 Å². The SMILES string of the molecule is CC(C(=O)O)N1CCCCC1CN. The number of nitrogens with two attached hydrogens (primary N) is 1. The van der Waals surface area contributed by atoms with Crippen LogP contribution in [0.2, 0.25) is 0 Å². The molecule has 0 spiro atoms. The zero-order valence-corrected chi connectivity index (χ0v) is 8.07. The molecule has 1 heterocycles. The maximum Gasteiger partial charge on any atom is 0.320 e. The number of nitrogens with zero attached hydrogens (tertiary/aromatic N) is 1. The lowest BCUT2D eigenvalue weighted by Gasteiger charge is -2.37. The second kappa shape index (κ2) is 4.58. The minimum atomic E-state index is -0.750. The third-order valence-electron chi connectivity index (χ3n) is 2.80. The summed E-state index contributed by atoms with van der Waals surface area (Å²) in [6.45, 7) is 3.17. The molecule has 2 atom stereocenters. The molecule has 0 aliphatic carbocycles. The molecule has 0 aromatic heterocycles. The lowest BCUT2D eigenvalue weighted by Crippen LogP contribution is -2.51. The van der Waals surface area contributed by atoms with Gasteiger partial charge in [0.2, 0.25) is 0 Å². The molecule has 0 radical (unpaired) electrons. The standard InChI is InChI=1S/C9H18N2O2/c1-7(9(12)13)11-5-3-2-4-8(11)6-10/h7-8H,2-6,10H2,1H3,(H,12,13). The highest BCUT2D eigenvalue weighted by Gasteiger charge is 2.28. The summed E-state index contributed by atoms with van der Waals surface area (Å²) in [5, 5.41) is 8.87. The molecule has 1 aliphatic rings. The van der Waals surface area contributed by atoms with E-state index in [1.807, 2.05) is 4.90 Å². The first-order valence-electron chi connectivity index (χ1n) is 4.85. The lowest BCUT2D eigenvalue weighted by atomic mass is 10.0. The molecule has 0 bridgehead atoms. The van der Waals surface area contributed by atoms with Crippen LogP contribution in [0.4, 0.5) is 0 Å². The smallest absolute Gasteiger partial charge is 0.320 e. The zero-order valence-electron chi connectivity index (χ0n) is 8.07. The number of carboxylic acid groups (broad SMARTS) is 1. The van der Waals surface area contributed by atoms with Crippen LogP contribution in [0.3, 0.4) is 0 Å². The van der Waals surface area contributed by atoms with Crippen LogP contribution >= 0.6 is 0 Å². The van der Waals surface area contributed by atoms with Crippen LogP contribution in [0.5, 0.6) is 0 Å². The van der Waals surface area contributed by atoms with Crippen molar-refractivity contribution in [2.24, 2.45) is 5.73 Å². The lowest BCUT2D eigenvalue weighted by molar-refractivity contribution is -0.144. The van der Waals surface area contributed by atoms with E-state index in [2.05, 4.69) is 0 Å². The Hall–Kier alpha value is -0.610. The van der Waals surface area contributed by atoms with Gasteiger partial charge in [-0.3, -0.25) is 9.69 Å². The van der Waals surface area contributed by atoms with Gasteiger partial charge in [0.25, 0.3) is 0 Å². The van der Waals surface area contributed by atoms with E-state index in [4.69, 9.17) is 10.8 Å². The van der Waals surface area contributed by atoms with E-state index < -0.39 is 12.0 Å². The molecular formula is C9H18N2O2. The van der Waals surface area contributed by atoms with E-state index in [0.717, 1.165) is 19.4 Å². The Labute approximate surface area is 78.7 Å². The van der Waals surface area contributed by atoms with E-state index >= 15 is 0 Å². The van der Waals surface area contributed by atoms with Gasteiger partial charge in [0.1, 0.15) is 6.04 Å². The first-order valence-corrected chi connectivity index (χ1v) is 4.85. The van der Waals surface area contributed by atoms with E-state index in [-0.39, 0.29) is 6.04 Å². The summed E-state index contributed by atoms with van der Waals surface area (Å²) in [6.07, 6.45) is 3.30. The molecule has 1 fully saturated rings. The van der Waals surface area contributed by atoms with Crippen LogP contribution in [0.15, 0.2) is 0 Å². The summed E-state index contributed by atoms with van der Waals surface area (Å²) in [6, 6.07) is -0.131. The van der Waals surface area contributed by atoms with Gasteiger partial charge in [-0.25, -0.2) is 0 Å². The van der Waals surface area contributed by atoms with Gasteiger partial charge in [0.15, 0.2) is 0 Å². The minimum Gasteiger partial charge on any atom is -0.480 e. The van der Waals surface area contributed by atoms with Crippen molar-refractivity contribution in [1.82, 2.24) is 4.90 Å². The second-order valence-corrected chi connectivity index (χ2v) is 3.64. The Morgan fingerprint density at radius 2 is 2.38 bits per heavy atom. The number of piperidine rings is 1. The van der Waals surface area contributed by atoms with Crippen molar-refractivity contribution in [1.29, 1.82) is 0 Å². The Morgan fingerprint density at radius 1 is 1.69 bits per heavy atom. The topological polar surface area (TPSA) is 66.6 Å². The van der Waals surface area contributed by atoms with E-state index in [9.17, 15) is 4.79 Å². The average molecular weight is 186 g/mol. The highest BCUT2D eigenvalue weighted by atomic mass is 16.4. The van der Waals surface area contributed by atoms with Crippen LogP contribution < -0.4 is 5.73 Å². The highest BCUT2D eigenvalue weighted by Crippen LogP contribution is 2.18. The molecule has 0 aromatic rings. The first-order chi connectivity index (χ1) is 6.16. The van der Waals surface area contributed by atoms with Crippen molar-refractivity contribution >= 4 is 5.97 Å². The largest absolute Gasteiger partial charge is 0.480 e. The maximum absolute atomic E-state index is 10.8. The molecule has 13 heavy (non-hydrogen) atoms. The second-order valence-electron chi connectivity index (χ2n) is 3.64. The molecule has 2 unspecified atom stereocenters. The van der Waals surface area contributed by atoms with Crippen LogP contribution in [0, 0.1) is 0 Å². The summed E-state index contributed by atoms with van der Waals surface area (Å²) in [4.78, 5) is 12.8. The molecule has 4 heteroatoms. The Kier molecular flexibility index (Phi) is 3.69. The number of hydrogen-bond acceptors (Lipinski definition) is 3. The summed E-state index contributed by atoms with van der Waals surface area (Å²) in [7, 11) is 0. The van der Waals surface area contributed by atoms with Gasteiger partial charge in [-0.1, -0.05) is 6.42 Å². The predicted molar refractivity (Wildman–Crippen MR) is 50.5 cm³/mol. The molecule has 76 valence electrons. The number of aliphatic carboxylic acids is 1. The quantitative estimate of drug-likeness (QED) is 0.664. The molecule has 0 aromatic carbocycles. The number of rotatable bonds is 3. The molecule has 1 saturated heterocycles. The number of carboxylic acids is 1. The molecule has 3 N–H and O–H groups in total. The molecule has 1 aliphatic heterocycles. The summed E-state index contributed by atoms with van der Waals surface area (Å²) in [5.41, 5.74) is 5.60. The maximum atomic E-state index is 10.8. The monoisotopic (exact) mass is 186 g/mol. The Morgan fingerprint density at radius 3 is 2.92 bits per heavy atom. The minimum absolute atomic E-state index is 0.264. The van der Waals surface area contributed by atoms with Crippen molar-refractivity contribution in [2.75, 3.05) is 13.1 Å². The average Bonchev–Trinajstić information content (AvgIpc) is 2.16.